The van der Waals surface area contributed by atoms with Gasteiger partial charge in [0.1, 0.15) is 11.6 Å². The Morgan fingerprint density at radius 1 is 1.10 bits per heavy atom. The first kappa shape index (κ1) is 25.7. The first-order valence-electron chi connectivity index (χ1n) is 8.97. The molecule has 0 radical (unpaired) electrons. The topological polar surface area (TPSA) is 91.5 Å². The number of hydrogen-bond acceptors (Lipinski definition) is 4. The van der Waals surface area contributed by atoms with E-state index in [2.05, 4.69) is 36.9 Å². The highest BCUT2D eigenvalue weighted by atomic mass is 19.1. The normalized spacial score (nSPS) is 8.79. The number of ether oxygens (including phenoxy) is 1. The van der Waals surface area contributed by atoms with Crippen LogP contribution in [-0.2, 0) is 0 Å². The van der Waals surface area contributed by atoms with Gasteiger partial charge in [-0.3, -0.25) is 10.5 Å². The second kappa shape index (κ2) is 13.8. The number of rotatable bonds is 2. The quantitative estimate of drug-likeness (QED) is 0.191. The molecule has 156 valence electrons. The molecule has 0 saturated heterocycles. The number of anilines is 1. The molecule has 29 heavy (non-hydrogen) atoms. The SMILES string of the molecule is C#Cc1ccc(N)c(F)c1.CC.COc1cccc(-c2cc(C)c[nH]2)c1C.OO. The average molecular weight is 400 g/mol. The van der Waals surface area contributed by atoms with E-state index in [1.807, 2.05) is 32.2 Å². The number of aromatic nitrogens is 1. The van der Waals surface area contributed by atoms with Crippen LogP contribution in [0.4, 0.5) is 10.1 Å². The van der Waals surface area contributed by atoms with Gasteiger partial charge in [0, 0.05) is 28.6 Å². The van der Waals surface area contributed by atoms with Crippen LogP contribution in [0.3, 0.4) is 0 Å². The number of nitrogens with one attached hydrogen (secondary N) is 1. The third kappa shape index (κ3) is 7.70. The van der Waals surface area contributed by atoms with Crippen LogP contribution in [0.5, 0.6) is 5.75 Å². The van der Waals surface area contributed by atoms with Gasteiger partial charge < -0.3 is 15.5 Å². The summed E-state index contributed by atoms with van der Waals surface area (Å²) in [6, 6.07) is 12.5. The molecule has 0 aliphatic heterocycles. The number of nitrogens with two attached hydrogens (primary N) is 1. The molecule has 1 aromatic heterocycles. The molecule has 0 aliphatic carbocycles. The first-order chi connectivity index (χ1) is 14.0. The Morgan fingerprint density at radius 3 is 2.24 bits per heavy atom. The molecule has 1 heterocycles. The third-order valence-corrected chi connectivity index (χ3v) is 3.79. The molecule has 0 atom stereocenters. The van der Waals surface area contributed by atoms with Crippen LogP contribution in [-0.4, -0.2) is 22.6 Å². The number of H-pyrrole nitrogens is 1. The Bertz CT molecular complexity index is 915. The minimum absolute atomic E-state index is 0.124. The van der Waals surface area contributed by atoms with E-state index in [9.17, 15) is 4.39 Å². The highest BCUT2D eigenvalue weighted by molar-refractivity contribution is 5.67. The number of benzene rings is 2. The Kier molecular flexibility index (Phi) is 12.3. The molecule has 6 heteroatoms. The fourth-order valence-electron chi connectivity index (χ4n) is 2.40. The van der Waals surface area contributed by atoms with Crippen molar-refractivity contribution < 1.29 is 19.6 Å². The number of aromatic amines is 1. The van der Waals surface area contributed by atoms with E-state index in [4.69, 9.17) is 27.4 Å². The summed E-state index contributed by atoms with van der Waals surface area (Å²) in [5, 5.41) is 12.0. The number of aryl methyl sites for hydroxylation is 1. The molecule has 0 bridgehead atoms. The van der Waals surface area contributed by atoms with E-state index in [1.165, 1.54) is 28.8 Å². The zero-order valence-electron chi connectivity index (χ0n) is 17.5. The van der Waals surface area contributed by atoms with E-state index < -0.39 is 5.82 Å². The molecule has 5 nitrogen and oxygen atoms in total. The molecule has 5 N–H and O–H groups in total. The molecule has 0 amide bonds. The van der Waals surface area contributed by atoms with Gasteiger partial charge in [-0.2, -0.15) is 0 Å². The van der Waals surface area contributed by atoms with Gasteiger partial charge in [0.25, 0.3) is 0 Å². The molecule has 0 saturated carbocycles. The van der Waals surface area contributed by atoms with Gasteiger partial charge >= 0.3 is 0 Å². The number of halogens is 1. The molecule has 3 aromatic rings. The van der Waals surface area contributed by atoms with Gasteiger partial charge in [0.15, 0.2) is 0 Å². The fourth-order valence-corrected chi connectivity index (χ4v) is 2.40. The largest absolute Gasteiger partial charge is 0.496 e. The molecular formula is C23H29FN2O3. The van der Waals surface area contributed by atoms with Crippen molar-refractivity contribution in [3.63, 3.8) is 0 Å². The van der Waals surface area contributed by atoms with Crippen LogP contribution in [0.2, 0.25) is 0 Å². The lowest BCUT2D eigenvalue weighted by atomic mass is 10.0. The highest BCUT2D eigenvalue weighted by Gasteiger charge is 2.07. The van der Waals surface area contributed by atoms with Gasteiger partial charge in [-0.1, -0.05) is 31.9 Å². The molecule has 2 aromatic carbocycles. The van der Waals surface area contributed by atoms with Crippen LogP contribution < -0.4 is 10.5 Å². The van der Waals surface area contributed by atoms with Crippen LogP contribution >= 0.6 is 0 Å². The van der Waals surface area contributed by atoms with Gasteiger partial charge in [0.05, 0.1) is 12.8 Å². The van der Waals surface area contributed by atoms with Crippen molar-refractivity contribution >= 4 is 5.69 Å². The van der Waals surface area contributed by atoms with Crippen molar-refractivity contribution in [2.75, 3.05) is 12.8 Å². The van der Waals surface area contributed by atoms with Crippen molar-refractivity contribution in [2.24, 2.45) is 0 Å². The van der Waals surface area contributed by atoms with Crippen molar-refractivity contribution in [2.45, 2.75) is 27.7 Å². The number of methoxy groups -OCH3 is 1. The summed E-state index contributed by atoms with van der Waals surface area (Å²) < 4.78 is 17.8. The lowest BCUT2D eigenvalue weighted by Crippen LogP contribution is -1.89. The van der Waals surface area contributed by atoms with Crippen molar-refractivity contribution in [3.8, 4) is 29.4 Å². The van der Waals surface area contributed by atoms with Crippen molar-refractivity contribution in [1.82, 2.24) is 4.98 Å². The molecule has 0 aliphatic rings. The lowest BCUT2D eigenvalue weighted by molar-refractivity contribution is -0.176. The van der Waals surface area contributed by atoms with E-state index in [-0.39, 0.29) is 5.69 Å². The van der Waals surface area contributed by atoms with E-state index in [0.29, 0.717) is 5.56 Å². The van der Waals surface area contributed by atoms with Crippen molar-refractivity contribution in [1.29, 1.82) is 0 Å². The number of hydrogen-bond donors (Lipinski definition) is 4. The second-order valence-corrected chi connectivity index (χ2v) is 5.60. The third-order valence-electron chi connectivity index (χ3n) is 3.79. The van der Waals surface area contributed by atoms with Gasteiger partial charge in [-0.15, -0.1) is 6.42 Å². The van der Waals surface area contributed by atoms with Crippen LogP contribution in [0, 0.1) is 32.0 Å². The molecule has 0 spiro atoms. The monoisotopic (exact) mass is 400 g/mol. The number of nitrogen functional groups attached to an aromatic ring is 1. The summed E-state index contributed by atoms with van der Waals surface area (Å²) in [6.45, 7) is 8.15. The Labute approximate surface area is 171 Å². The summed E-state index contributed by atoms with van der Waals surface area (Å²) in [5.74, 6) is 2.77. The summed E-state index contributed by atoms with van der Waals surface area (Å²) in [6.07, 6.45) is 7.02. The predicted octanol–water partition coefficient (Wildman–Crippen LogP) is 5.74. The standard InChI is InChI=1S/C13H15NO.C8H6FN.C2H6.H2O2/c1-9-7-12(14-8-9)11-5-4-6-13(15-3)10(11)2;1-2-6-3-4-8(10)7(9)5-6;2*1-2/h4-8,14H,1-3H3;1,3-5H,10H2;1-2H3;1-2H. The van der Waals surface area contributed by atoms with E-state index in [1.54, 1.807) is 13.2 Å². The van der Waals surface area contributed by atoms with Crippen LogP contribution in [0.15, 0.2) is 48.7 Å². The van der Waals surface area contributed by atoms with Gasteiger partial charge in [-0.25, -0.2) is 4.39 Å². The Balaban J connectivity index is 0.000000488. The minimum Gasteiger partial charge on any atom is -0.496 e. The smallest absolute Gasteiger partial charge is 0.147 e. The average Bonchev–Trinajstić information content (AvgIpc) is 3.19. The fraction of sp³-hybridized carbons (Fsp3) is 0.217. The van der Waals surface area contributed by atoms with E-state index >= 15 is 0 Å². The summed E-state index contributed by atoms with van der Waals surface area (Å²) >= 11 is 0. The molecule has 0 unspecified atom stereocenters. The highest BCUT2D eigenvalue weighted by Crippen LogP contribution is 2.29. The van der Waals surface area contributed by atoms with Gasteiger partial charge in [0.2, 0.25) is 0 Å². The Hall–Kier alpha value is -3.27. The lowest BCUT2D eigenvalue weighted by Gasteiger charge is -2.08. The maximum Gasteiger partial charge on any atom is 0.147 e. The maximum absolute atomic E-state index is 12.5. The second-order valence-electron chi connectivity index (χ2n) is 5.60. The molecule has 0 fully saturated rings. The minimum atomic E-state index is -0.463. The Morgan fingerprint density at radius 2 is 1.76 bits per heavy atom. The molecular weight excluding hydrogens is 371 g/mol. The maximum atomic E-state index is 12.5. The van der Waals surface area contributed by atoms with Crippen LogP contribution in [0.1, 0.15) is 30.5 Å². The molecule has 3 rings (SSSR count). The van der Waals surface area contributed by atoms with Crippen LogP contribution in [0.25, 0.3) is 11.3 Å². The van der Waals surface area contributed by atoms with E-state index in [0.717, 1.165) is 11.4 Å². The predicted molar refractivity (Wildman–Crippen MR) is 118 cm³/mol. The first-order valence-corrected chi connectivity index (χ1v) is 8.97. The number of terminal acetylenes is 1. The summed E-state index contributed by atoms with van der Waals surface area (Å²) in [4.78, 5) is 3.26. The summed E-state index contributed by atoms with van der Waals surface area (Å²) in [5.41, 5.74) is 10.6. The summed E-state index contributed by atoms with van der Waals surface area (Å²) in [7, 11) is 1.70. The van der Waals surface area contributed by atoms with Crippen molar-refractivity contribution in [3.05, 3.63) is 71.2 Å². The van der Waals surface area contributed by atoms with Gasteiger partial charge in [-0.05, 0) is 49.7 Å². The zero-order chi connectivity index (χ0) is 22.4. The zero-order valence-corrected chi connectivity index (χ0v) is 17.5.